The zero-order valence-electron chi connectivity index (χ0n) is 10.2. The molecule has 0 aliphatic carbocycles. The summed E-state index contributed by atoms with van der Waals surface area (Å²) in [5.74, 6) is 0.173. The molecule has 1 heterocycles. The number of para-hydroxylation sites is 1. The molecule has 0 atom stereocenters. The third-order valence-corrected chi connectivity index (χ3v) is 4.29. The number of hydrogen-bond acceptors (Lipinski definition) is 3. The highest BCUT2D eigenvalue weighted by Crippen LogP contribution is 2.26. The van der Waals surface area contributed by atoms with E-state index >= 15 is 0 Å². The fraction of sp³-hybridized carbons (Fsp3) is 0.286. The summed E-state index contributed by atoms with van der Waals surface area (Å²) in [4.78, 5) is 2.71. The summed E-state index contributed by atoms with van der Waals surface area (Å²) >= 11 is 7.68. The van der Waals surface area contributed by atoms with Crippen molar-refractivity contribution in [1.29, 1.82) is 0 Å². The van der Waals surface area contributed by atoms with Crippen LogP contribution in [0.15, 0.2) is 30.3 Å². The Morgan fingerprint density at radius 1 is 1.17 bits per heavy atom. The predicted octanol–water partition coefficient (Wildman–Crippen LogP) is 3.96. The quantitative estimate of drug-likeness (QED) is 0.869. The number of hydrogen-bond donors (Lipinski definition) is 2. The van der Waals surface area contributed by atoms with Gasteiger partial charge >= 0.3 is 0 Å². The molecule has 96 valence electrons. The van der Waals surface area contributed by atoms with Crippen molar-refractivity contribution < 1.29 is 5.11 Å². The summed E-state index contributed by atoms with van der Waals surface area (Å²) in [7, 11) is 0. The first-order chi connectivity index (χ1) is 8.70. The number of aromatic hydroxyl groups is 1. The molecule has 2 rings (SSSR count). The van der Waals surface area contributed by atoms with Gasteiger partial charge in [0.15, 0.2) is 0 Å². The second-order valence-corrected chi connectivity index (χ2v) is 5.73. The van der Waals surface area contributed by atoms with Crippen molar-refractivity contribution in [3.63, 3.8) is 0 Å². The third-order valence-electron chi connectivity index (χ3n) is 2.75. The Labute approximate surface area is 116 Å². The Balaban J connectivity index is 1.90. The van der Waals surface area contributed by atoms with Crippen LogP contribution < -0.4 is 5.32 Å². The smallest absolute Gasteiger partial charge is 0.138 e. The number of thiophene rings is 1. The Morgan fingerprint density at radius 2 is 1.94 bits per heavy atom. The Kier molecular flexibility index (Phi) is 4.64. The molecular weight excluding hydrogens is 266 g/mol. The van der Waals surface area contributed by atoms with Gasteiger partial charge in [-0.3, -0.25) is 0 Å². The minimum absolute atomic E-state index is 0.173. The number of phenols is 1. The molecule has 0 saturated heterocycles. The van der Waals surface area contributed by atoms with E-state index in [0.29, 0.717) is 11.6 Å². The van der Waals surface area contributed by atoms with E-state index in [1.807, 2.05) is 23.5 Å². The normalized spacial score (nSPS) is 10.8. The van der Waals surface area contributed by atoms with E-state index in [2.05, 4.69) is 24.4 Å². The number of rotatable bonds is 5. The van der Waals surface area contributed by atoms with Crippen LogP contribution in [0.2, 0.25) is 5.02 Å². The number of halogens is 1. The van der Waals surface area contributed by atoms with Gasteiger partial charge in [0.25, 0.3) is 0 Å². The van der Waals surface area contributed by atoms with Crippen LogP contribution in [-0.4, -0.2) is 5.11 Å². The highest BCUT2D eigenvalue weighted by Gasteiger charge is 2.05. The van der Waals surface area contributed by atoms with E-state index in [0.717, 1.165) is 18.5 Å². The lowest BCUT2D eigenvalue weighted by Gasteiger charge is -2.06. The first kappa shape index (κ1) is 13.4. The van der Waals surface area contributed by atoms with Crippen molar-refractivity contribution in [2.45, 2.75) is 26.4 Å². The average Bonchev–Trinajstić information content (AvgIpc) is 2.82. The van der Waals surface area contributed by atoms with Gasteiger partial charge in [-0.15, -0.1) is 11.3 Å². The number of phenolic OH excluding ortho intramolecular Hbond substituents is 1. The molecule has 1 aromatic carbocycles. The number of benzene rings is 1. The van der Waals surface area contributed by atoms with E-state index in [1.54, 1.807) is 6.07 Å². The van der Waals surface area contributed by atoms with Gasteiger partial charge in [0.1, 0.15) is 5.75 Å². The minimum Gasteiger partial charge on any atom is -0.506 e. The summed E-state index contributed by atoms with van der Waals surface area (Å²) in [6, 6.07) is 9.72. The molecular formula is C14H16ClNOS. The number of aryl methyl sites for hydroxylation is 1. The SMILES string of the molecule is CCc1ccc(CNCc2cccc(Cl)c2O)s1. The lowest BCUT2D eigenvalue weighted by atomic mass is 10.2. The van der Waals surface area contributed by atoms with E-state index in [9.17, 15) is 5.11 Å². The lowest BCUT2D eigenvalue weighted by Crippen LogP contribution is -2.11. The van der Waals surface area contributed by atoms with Crippen molar-refractivity contribution in [1.82, 2.24) is 5.32 Å². The van der Waals surface area contributed by atoms with Crippen molar-refractivity contribution in [3.05, 3.63) is 50.7 Å². The second-order valence-electron chi connectivity index (χ2n) is 4.07. The summed E-state index contributed by atoms with van der Waals surface area (Å²) in [6.45, 7) is 3.59. The Bertz CT molecular complexity index is 524. The van der Waals surface area contributed by atoms with Gasteiger partial charge in [0, 0.05) is 28.4 Å². The molecule has 18 heavy (non-hydrogen) atoms. The van der Waals surface area contributed by atoms with Gasteiger partial charge < -0.3 is 10.4 Å². The first-order valence-corrected chi connectivity index (χ1v) is 7.14. The molecule has 4 heteroatoms. The molecule has 0 saturated carbocycles. The lowest BCUT2D eigenvalue weighted by molar-refractivity contribution is 0.465. The molecule has 1 aromatic heterocycles. The molecule has 0 aliphatic heterocycles. The molecule has 0 amide bonds. The van der Waals surface area contributed by atoms with Crippen LogP contribution in [-0.2, 0) is 19.5 Å². The van der Waals surface area contributed by atoms with Crippen LogP contribution in [0.4, 0.5) is 0 Å². The summed E-state index contributed by atoms with van der Waals surface area (Å²) in [6.07, 6.45) is 1.08. The largest absolute Gasteiger partial charge is 0.506 e. The van der Waals surface area contributed by atoms with Crippen molar-refractivity contribution in [3.8, 4) is 5.75 Å². The van der Waals surface area contributed by atoms with Gasteiger partial charge in [-0.25, -0.2) is 0 Å². The number of nitrogens with one attached hydrogen (secondary N) is 1. The van der Waals surface area contributed by atoms with E-state index in [4.69, 9.17) is 11.6 Å². The maximum atomic E-state index is 9.77. The van der Waals surface area contributed by atoms with E-state index < -0.39 is 0 Å². The summed E-state index contributed by atoms with van der Waals surface area (Å²) in [5.41, 5.74) is 0.828. The van der Waals surface area contributed by atoms with Crippen LogP contribution in [0.1, 0.15) is 22.2 Å². The van der Waals surface area contributed by atoms with Gasteiger partial charge in [-0.1, -0.05) is 30.7 Å². The molecule has 2 N–H and O–H groups in total. The fourth-order valence-corrected chi connectivity index (χ4v) is 2.85. The average molecular weight is 282 g/mol. The van der Waals surface area contributed by atoms with Crippen LogP contribution in [0.3, 0.4) is 0 Å². The molecule has 2 nitrogen and oxygen atoms in total. The summed E-state index contributed by atoms with van der Waals surface area (Å²) < 4.78 is 0. The molecule has 0 aliphatic rings. The van der Waals surface area contributed by atoms with Gasteiger partial charge in [-0.2, -0.15) is 0 Å². The minimum atomic E-state index is 0.173. The van der Waals surface area contributed by atoms with E-state index in [-0.39, 0.29) is 5.75 Å². The zero-order valence-corrected chi connectivity index (χ0v) is 11.8. The zero-order chi connectivity index (χ0) is 13.0. The second kappa shape index (κ2) is 6.23. The molecule has 0 bridgehead atoms. The summed E-state index contributed by atoms with van der Waals surface area (Å²) in [5, 5.41) is 13.5. The van der Waals surface area contributed by atoms with Crippen LogP contribution in [0.5, 0.6) is 5.75 Å². The van der Waals surface area contributed by atoms with Gasteiger partial charge in [0.05, 0.1) is 5.02 Å². The van der Waals surface area contributed by atoms with Crippen molar-refractivity contribution in [2.24, 2.45) is 0 Å². The Hall–Kier alpha value is -1.03. The highest BCUT2D eigenvalue weighted by molar-refractivity contribution is 7.11. The maximum Gasteiger partial charge on any atom is 0.138 e. The van der Waals surface area contributed by atoms with Crippen LogP contribution >= 0.6 is 22.9 Å². The van der Waals surface area contributed by atoms with Gasteiger partial charge in [0.2, 0.25) is 0 Å². The first-order valence-electron chi connectivity index (χ1n) is 5.95. The topological polar surface area (TPSA) is 32.3 Å². The standard InChI is InChI=1S/C14H16ClNOS/c1-2-11-6-7-12(18-11)9-16-8-10-4-3-5-13(15)14(10)17/h3-7,16-17H,2,8-9H2,1H3. The van der Waals surface area contributed by atoms with Gasteiger partial charge in [-0.05, 0) is 24.6 Å². The molecule has 2 aromatic rings. The molecule has 0 radical (unpaired) electrons. The Morgan fingerprint density at radius 3 is 2.67 bits per heavy atom. The maximum absolute atomic E-state index is 9.77. The molecule has 0 unspecified atom stereocenters. The van der Waals surface area contributed by atoms with Crippen LogP contribution in [0, 0.1) is 0 Å². The molecule has 0 fully saturated rings. The van der Waals surface area contributed by atoms with Crippen molar-refractivity contribution in [2.75, 3.05) is 0 Å². The highest BCUT2D eigenvalue weighted by atomic mass is 35.5. The van der Waals surface area contributed by atoms with Crippen LogP contribution in [0.25, 0.3) is 0 Å². The predicted molar refractivity (Wildman–Crippen MR) is 77.4 cm³/mol. The third kappa shape index (κ3) is 3.25. The van der Waals surface area contributed by atoms with Crippen molar-refractivity contribution >= 4 is 22.9 Å². The van der Waals surface area contributed by atoms with E-state index in [1.165, 1.54) is 9.75 Å². The molecule has 0 spiro atoms. The fourth-order valence-electron chi connectivity index (χ4n) is 1.73. The monoisotopic (exact) mass is 281 g/mol.